The van der Waals surface area contributed by atoms with Gasteiger partial charge in [-0.2, -0.15) is 0 Å². The summed E-state index contributed by atoms with van der Waals surface area (Å²) in [5, 5.41) is 56.6. The molecular weight excluding hydrogens is 428 g/mol. The van der Waals surface area contributed by atoms with Gasteiger partial charge in [-0.15, -0.1) is 13.2 Å². The van der Waals surface area contributed by atoms with Crippen LogP contribution in [0.15, 0.2) is 25.3 Å². The molecule has 2 fully saturated rings. The van der Waals surface area contributed by atoms with E-state index in [0.717, 1.165) is 0 Å². The van der Waals surface area contributed by atoms with E-state index < -0.39 is 73.8 Å². The van der Waals surface area contributed by atoms with Crippen molar-refractivity contribution in [2.45, 2.75) is 68.2 Å². The van der Waals surface area contributed by atoms with E-state index in [2.05, 4.69) is 23.8 Å². The van der Waals surface area contributed by atoms with Crippen molar-refractivity contribution in [1.82, 2.24) is 10.6 Å². The maximum absolute atomic E-state index is 11.5. The summed E-state index contributed by atoms with van der Waals surface area (Å²) >= 11 is 0. The third-order valence-corrected chi connectivity index (χ3v) is 5.26. The smallest absolute Gasteiger partial charge is 0.217 e. The fourth-order valence-corrected chi connectivity index (χ4v) is 3.65. The second-order valence-electron chi connectivity index (χ2n) is 7.64. The SMILES string of the molecule is C=CCO[C@H]1O[C@H](CO)[C@@H](O)[C@H](O)[C@H]1NC[C@H]1O[C@H](OCC=C)[C@H](NC(C)=O)[C@@H](O)[C@@H]1O. The molecule has 0 bridgehead atoms. The first kappa shape index (κ1) is 26.8. The molecule has 7 N–H and O–H groups in total. The van der Waals surface area contributed by atoms with Crippen molar-refractivity contribution in [3.05, 3.63) is 25.3 Å². The van der Waals surface area contributed by atoms with Crippen LogP contribution in [0.3, 0.4) is 0 Å². The largest absolute Gasteiger partial charge is 0.394 e. The van der Waals surface area contributed by atoms with Crippen molar-refractivity contribution in [3.63, 3.8) is 0 Å². The van der Waals surface area contributed by atoms with Gasteiger partial charge in [0, 0.05) is 13.5 Å². The van der Waals surface area contributed by atoms with Gasteiger partial charge in [0.15, 0.2) is 12.6 Å². The third-order valence-electron chi connectivity index (χ3n) is 5.26. The van der Waals surface area contributed by atoms with Gasteiger partial charge in [0.2, 0.25) is 5.91 Å². The van der Waals surface area contributed by atoms with E-state index in [0.29, 0.717) is 0 Å². The zero-order valence-electron chi connectivity index (χ0n) is 17.9. The van der Waals surface area contributed by atoms with Gasteiger partial charge in [-0.05, 0) is 0 Å². The molecule has 32 heavy (non-hydrogen) atoms. The monoisotopic (exact) mass is 462 g/mol. The number of carbonyl (C=O) groups excluding carboxylic acids is 1. The summed E-state index contributed by atoms with van der Waals surface area (Å²) in [6.07, 6.45) is -6.82. The van der Waals surface area contributed by atoms with Crippen molar-refractivity contribution in [1.29, 1.82) is 0 Å². The summed E-state index contributed by atoms with van der Waals surface area (Å²) < 4.78 is 22.3. The molecule has 0 aromatic heterocycles. The molecular formula is C20H34N2O10. The average molecular weight is 462 g/mol. The summed E-state index contributed by atoms with van der Waals surface area (Å²) in [5.74, 6) is -0.439. The van der Waals surface area contributed by atoms with Crippen molar-refractivity contribution in [2.24, 2.45) is 0 Å². The van der Waals surface area contributed by atoms with Crippen LogP contribution in [-0.2, 0) is 23.7 Å². The molecule has 0 unspecified atom stereocenters. The number of rotatable bonds is 11. The Bertz CT molecular complexity index is 623. The summed E-state index contributed by atoms with van der Waals surface area (Å²) in [7, 11) is 0. The van der Waals surface area contributed by atoms with Crippen LogP contribution in [0.2, 0.25) is 0 Å². The minimum Gasteiger partial charge on any atom is -0.394 e. The quantitative estimate of drug-likeness (QED) is 0.153. The molecule has 10 atom stereocenters. The molecule has 1 amide bonds. The Morgan fingerprint density at radius 1 is 0.906 bits per heavy atom. The zero-order valence-corrected chi connectivity index (χ0v) is 17.9. The highest BCUT2D eigenvalue weighted by Gasteiger charge is 2.48. The van der Waals surface area contributed by atoms with Gasteiger partial charge >= 0.3 is 0 Å². The Hall–Kier alpha value is -1.45. The molecule has 2 saturated heterocycles. The van der Waals surface area contributed by atoms with Crippen LogP contribution < -0.4 is 10.6 Å². The Labute approximate surface area is 186 Å². The molecule has 2 aliphatic heterocycles. The van der Waals surface area contributed by atoms with Crippen molar-refractivity contribution >= 4 is 5.91 Å². The molecule has 0 aromatic rings. The molecule has 2 rings (SSSR count). The van der Waals surface area contributed by atoms with Gasteiger partial charge in [0.1, 0.15) is 42.7 Å². The molecule has 0 spiro atoms. The minimum absolute atomic E-state index is 0.0745. The number of ether oxygens (including phenoxy) is 4. The Balaban J connectivity index is 2.10. The van der Waals surface area contributed by atoms with E-state index >= 15 is 0 Å². The number of aliphatic hydroxyl groups is 5. The Kier molecular flexibility index (Phi) is 10.6. The lowest BCUT2D eigenvalue weighted by Gasteiger charge is -2.45. The highest BCUT2D eigenvalue weighted by molar-refractivity contribution is 5.73. The van der Waals surface area contributed by atoms with Crippen LogP contribution in [0.25, 0.3) is 0 Å². The number of nitrogens with one attached hydrogen (secondary N) is 2. The maximum atomic E-state index is 11.5. The fourth-order valence-electron chi connectivity index (χ4n) is 3.65. The first-order valence-electron chi connectivity index (χ1n) is 10.3. The molecule has 0 saturated carbocycles. The number of carbonyl (C=O) groups is 1. The molecule has 184 valence electrons. The topological polar surface area (TPSA) is 179 Å². The van der Waals surface area contributed by atoms with Crippen LogP contribution in [0, 0.1) is 0 Å². The molecule has 0 radical (unpaired) electrons. The van der Waals surface area contributed by atoms with E-state index in [-0.39, 0.29) is 19.8 Å². The van der Waals surface area contributed by atoms with E-state index in [1.807, 2.05) is 0 Å². The number of aliphatic hydroxyl groups excluding tert-OH is 5. The first-order valence-corrected chi connectivity index (χ1v) is 10.3. The second kappa shape index (κ2) is 12.7. The van der Waals surface area contributed by atoms with Gasteiger partial charge in [-0.1, -0.05) is 12.2 Å². The lowest BCUT2D eigenvalue weighted by atomic mass is 9.94. The average Bonchev–Trinajstić information content (AvgIpc) is 2.77. The van der Waals surface area contributed by atoms with Gasteiger partial charge in [0.25, 0.3) is 0 Å². The van der Waals surface area contributed by atoms with E-state index in [4.69, 9.17) is 18.9 Å². The van der Waals surface area contributed by atoms with Gasteiger partial charge < -0.3 is 55.1 Å². The molecule has 0 aliphatic carbocycles. The van der Waals surface area contributed by atoms with Crippen molar-refractivity contribution < 1.29 is 49.3 Å². The summed E-state index contributed by atoms with van der Waals surface area (Å²) in [4.78, 5) is 11.5. The fraction of sp³-hybridized carbons (Fsp3) is 0.750. The zero-order chi connectivity index (χ0) is 23.8. The van der Waals surface area contributed by atoms with Gasteiger partial charge in [-0.25, -0.2) is 0 Å². The third kappa shape index (κ3) is 6.54. The van der Waals surface area contributed by atoms with Crippen molar-refractivity contribution in [2.75, 3.05) is 26.4 Å². The molecule has 12 nitrogen and oxygen atoms in total. The van der Waals surface area contributed by atoms with E-state index in [1.165, 1.54) is 19.1 Å². The lowest BCUT2D eigenvalue weighted by Crippen LogP contribution is -2.68. The number of hydrogen-bond donors (Lipinski definition) is 7. The highest BCUT2D eigenvalue weighted by atomic mass is 16.7. The Morgan fingerprint density at radius 3 is 1.94 bits per heavy atom. The molecule has 2 heterocycles. The Morgan fingerprint density at radius 2 is 1.41 bits per heavy atom. The summed E-state index contributed by atoms with van der Waals surface area (Å²) in [6, 6.07) is -1.97. The summed E-state index contributed by atoms with van der Waals surface area (Å²) in [6.45, 7) is 7.88. The summed E-state index contributed by atoms with van der Waals surface area (Å²) in [5.41, 5.74) is 0. The lowest BCUT2D eigenvalue weighted by molar-refractivity contribution is -0.275. The molecule has 0 aromatic carbocycles. The predicted octanol–water partition coefficient (Wildman–Crippen LogP) is -3.26. The number of amides is 1. The predicted molar refractivity (Wildman–Crippen MR) is 110 cm³/mol. The van der Waals surface area contributed by atoms with Gasteiger partial charge in [-0.3, -0.25) is 4.79 Å². The van der Waals surface area contributed by atoms with E-state index in [9.17, 15) is 30.3 Å². The van der Waals surface area contributed by atoms with Gasteiger partial charge in [0.05, 0.1) is 25.9 Å². The molecule has 2 aliphatic rings. The standard InChI is InChI=1S/C20H34N2O10/c1-4-6-29-19-13(17(27)16(26)12(9-23)32-19)21-8-11-15(25)18(28)14(22-10(3)24)20(31-11)30-7-5-2/h4-5,11-21,23,25-28H,1-2,6-9H2,3H3,(H,22,24)/t11-,12-,13-,14-,15-,16-,17-,18-,19+,20+/m1/s1. The van der Waals surface area contributed by atoms with Crippen LogP contribution in [0.5, 0.6) is 0 Å². The number of hydrogen-bond acceptors (Lipinski definition) is 11. The second-order valence-corrected chi connectivity index (χ2v) is 7.64. The van der Waals surface area contributed by atoms with Crippen molar-refractivity contribution in [3.8, 4) is 0 Å². The first-order chi connectivity index (χ1) is 15.2. The maximum Gasteiger partial charge on any atom is 0.217 e. The van der Waals surface area contributed by atoms with Crippen LogP contribution in [0.4, 0.5) is 0 Å². The van der Waals surface area contributed by atoms with Crippen LogP contribution in [0.1, 0.15) is 6.92 Å². The highest BCUT2D eigenvalue weighted by Crippen LogP contribution is 2.25. The normalized spacial score (nSPS) is 39.9. The minimum atomic E-state index is -1.41. The molecule has 12 heteroatoms. The van der Waals surface area contributed by atoms with Crippen LogP contribution in [-0.4, -0.2) is 119 Å². The van der Waals surface area contributed by atoms with E-state index in [1.54, 1.807) is 0 Å². The van der Waals surface area contributed by atoms with Crippen LogP contribution >= 0.6 is 0 Å².